The number of pyridine rings is 1. The number of fused-ring (bicyclic) bond motifs is 3. The second kappa shape index (κ2) is 9.17. The van der Waals surface area contributed by atoms with E-state index >= 15 is 0 Å². The van der Waals surface area contributed by atoms with E-state index < -0.39 is 0 Å². The highest BCUT2D eigenvalue weighted by Gasteiger charge is 2.15. The van der Waals surface area contributed by atoms with Crippen LogP contribution >= 0.6 is 0 Å². The van der Waals surface area contributed by atoms with Gasteiger partial charge in [0.25, 0.3) is 0 Å². The van der Waals surface area contributed by atoms with Crippen LogP contribution in [0.2, 0.25) is 0 Å². The van der Waals surface area contributed by atoms with Gasteiger partial charge in [0, 0.05) is 27.6 Å². The van der Waals surface area contributed by atoms with Crippen LogP contribution in [-0.4, -0.2) is 9.55 Å². The number of benzene rings is 5. The second-order valence-corrected chi connectivity index (χ2v) is 9.73. The summed E-state index contributed by atoms with van der Waals surface area (Å²) in [6, 6.07) is 49.4. The minimum Gasteiger partial charge on any atom is -0.309 e. The monoisotopic (exact) mass is 486 g/mol. The van der Waals surface area contributed by atoms with Crippen molar-refractivity contribution in [3.05, 3.63) is 145 Å². The van der Waals surface area contributed by atoms with Crippen molar-refractivity contribution < 1.29 is 0 Å². The summed E-state index contributed by atoms with van der Waals surface area (Å²) in [4.78, 5) is 5.08. The van der Waals surface area contributed by atoms with Crippen molar-refractivity contribution >= 4 is 21.8 Å². The number of rotatable bonds is 4. The van der Waals surface area contributed by atoms with E-state index in [1.165, 1.54) is 32.9 Å². The highest BCUT2D eigenvalue weighted by molar-refractivity contribution is 6.09. The lowest BCUT2D eigenvalue weighted by atomic mass is 9.96. The molecule has 0 aliphatic heterocycles. The lowest BCUT2D eigenvalue weighted by molar-refractivity contribution is 1.17. The Balaban J connectivity index is 1.47. The topological polar surface area (TPSA) is 17.8 Å². The summed E-state index contributed by atoms with van der Waals surface area (Å²) < 4.78 is 2.38. The zero-order valence-corrected chi connectivity index (χ0v) is 21.2. The van der Waals surface area contributed by atoms with Crippen LogP contribution in [0.4, 0.5) is 0 Å². The average Bonchev–Trinajstić information content (AvgIpc) is 3.33. The van der Waals surface area contributed by atoms with E-state index in [0.717, 1.165) is 33.8 Å². The molecule has 2 heterocycles. The molecule has 0 aliphatic carbocycles. The van der Waals surface area contributed by atoms with Crippen molar-refractivity contribution in [2.24, 2.45) is 0 Å². The van der Waals surface area contributed by atoms with Crippen molar-refractivity contribution in [1.29, 1.82) is 0 Å². The summed E-state index contributed by atoms with van der Waals surface area (Å²) in [5.41, 5.74) is 11.4. The molecule has 2 heteroatoms. The van der Waals surface area contributed by atoms with Gasteiger partial charge < -0.3 is 4.57 Å². The molecule has 0 fully saturated rings. The first-order valence-corrected chi connectivity index (χ1v) is 13.0. The number of nitrogens with zero attached hydrogens (tertiary/aromatic N) is 2. The average molecular weight is 487 g/mol. The fourth-order valence-corrected chi connectivity index (χ4v) is 5.46. The number of para-hydroxylation sites is 2. The molecule has 0 saturated carbocycles. The van der Waals surface area contributed by atoms with E-state index in [-0.39, 0.29) is 0 Å². The second-order valence-electron chi connectivity index (χ2n) is 9.73. The van der Waals surface area contributed by atoms with Gasteiger partial charge in [-0.2, -0.15) is 0 Å². The molecule has 0 atom stereocenters. The maximum Gasteiger partial charge on any atom is 0.0715 e. The van der Waals surface area contributed by atoms with E-state index in [4.69, 9.17) is 4.98 Å². The molecule has 0 spiro atoms. The summed E-state index contributed by atoms with van der Waals surface area (Å²) in [5, 5.41) is 2.54. The third kappa shape index (κ3) is 3.79. The molecule has 0 radical (unpaired) electrons. The molecule has 5 aromatic carbocycles. The van der Waals surface area contributed by atoms with Gasteiger partial charge in [0.1, 0.15) is 0 Å². The largest absolute Gasteiger partial charge is 0.309 e. The normalized spacial score (nSPS) is 11.3. The Hall–Kier alpha value is -4.95. The smallest absolute Gasteiger partial charge is 0.0715 e. The van der Waals surface area contributed by atoms with E-state index in [0.29, 0.717) is 0 Å². The minimum absolute atomic E-state index is 0.976. The molecular weight excluding hydrogens is 460 g/mol. The first kappa shape index (κ1) is 22.3. The first-order chi connectivity index (χ1) is 18.8. The lowest BCUT2D eigenvalue weighted by Gasteiger charge is -2.15. The van der Waals surface area contributed by atoms with Crippen LogP contribution in [0, 0.1) is 6.92 Å². The maximum absolute atomic E-state index is 5.08. The molecule has 2 nitrogen and oxygen atoms in total. The standard InChI is InChI=1S/C36H26N2/c1-25-20-21-29(38-35-18-10-8-16-30(35)31-17-9-11-19-36(31)38)24-32(25)28-22-33(26-12-4-2-5-13-26)37-34(23-28)27-14-6-3-7-15-27/h2-24H,1H3. The van der Waals surface area contributed by atoms with E-state index in [1.807, 2.05) is 12.1 Å². The molecular formula is C36H26N2. The van der Waals surface area contributed by atoms with Crippen LogP contribution in [0.3, 0.4) is 0 Å². The van der Waals surface area contributed by atoms with Gasteiger partial charge in [-0.15, -0.1) is 0 Å². The van der Waals surface area contributed by atoms with Gasteiger partial charge in [-0.1, -0.05) is 103 Å². The van der Waals surface area contributed by atoms with Gasteiger partial charge in [0.05, 0.1) is 22.4 Å². The number of aryl methyl sites for hydroxylation is 1. The van der Waals surface area contributed by atoms with Crippen molar-refractivity contribution in [1.82, 2.24) is 9.55 Å². The first-order valence-electron chi connectivity index (χ1n) is 13.0. The fourth-order valence-electron chi connectivity index (χ4n) is 5.46. The van der Waals surface area contributed by atoms with Gasteiger partial charge in [-0.3, -0.25) is 0 Å². The number of aromatic nitrogens is 2. The Labute approximate surface area is 222 Å². The van der Waals surface area contributed by atoms with Gasteiger partial charge in [-0.05, 0) is 60.0 Å². The molecule has 7 aromatic rings. The molecule has 38 heavy (non-hydrogen) atoms. The maximum atomic E-state index is 5.08. The van der Waals surface area contributed by atoms with E-state index in [1.54, 1.807) is 0 Å². The van der Waals surface area contributed by atoms with Crippen molar-refractivity contribution in [2.75, 3.05) is 0 Å². The summed E-state index contributed by atoms with van der Waals surface area (Å²) >= 11 is 0. The zero-order valence-electron chi connectivity index (χ0n) is 21.2. The molecule has 7 rings (SSSR count). The Kier molecular flexibility index (Phi) is 5.37. The van der Waals surface area contributed by atoms with Crippen LogP contribution in [0.25, 0.3) is 61.1 Å². The molecule has 0 amide bonds. The Morgan fingerprint density at radius 3 is 1.53 bits per heavy atom. The highest BCUT2D eigenvalue weighted by Crippen LogP contribution is 2.36. The summed E-state index contributed by atoms with van der Waals surface area (Å²) in [7, 11) is 0. The third-order valence-corrected chi connectivity index (χ3v) is 7.33. The summed E-state index contributed by atoms with van der Waals surface area (Å²) in [5.74, 6) is 0. The molecule has 0 aliphatic rings. The summed E-state index contributed by atoms with van der Waals surface area (Å²) in [6.07, 6.45) is 0. The van der Waals surface area contributed by atoms with Gasteiger partial charge in [0.2, 0.25) is 0 Å². The minimum atomic E-state index is 0.976. The van der Waals surface area contributed by atoms with Crippen LogP contribution in [0.15, 0.2) is 140 Å². The molecule has 180 valence electrons. The third-order valence-electron chi connectivity index (χ3n) is 7.33. The van der Waals surface area contributed by atoms with Crippen LogP contribution in [0.1, 0.15) is 5.56 Å². The fraction of sp³-hybridized carbons (Fsp3) is 0.0278. The zero-order chi connectivity index (χ0) is 25.5. The SMILES string of the molecule is Cc1ccc(-n2c3ccccc3c3ccccc32)cc1-c1cc(-c2ccccc2)nc(-c2ccccc2)c1. The molecule has 0 N–H and O–H groups in total. The van der Waals surface area contributed by atoms with Gasteiger partial charge in [-0.25, -0.2) is 4.98 Å². The van der Waals surface area contributed by atoms with Crippen molar-refractivity contribution in [2.45, 2.75) is 6.92 Å². The molecule has 0 unspecified atom stereocenters. The molecule has 2 aromatic heterocycles. The lowest BCUT2D eigenvalue weighted by Crippen LogP contribution is -1.97. The van der Waals surface area contributed by atoms with E-state index in [9.17, 15) is 0 Å². The summed E-state index contributed by atoms with van der Waals surface area (Å²) in [6.45, 7) is 2.19. The quantitative estimate of drug-likeness (QED) is 0.242. The van der Waals surface area contributed by atoms with Gasteiger partial charge in [0.15, 0.2) is 0 Å². The highest BCUT2D eigenvalue weighted by atomic mass is 15.0. The Morgan fingerprint density at radius 2 is 0.974 bits per heavy atom. The van der Waals surface area contributed by atoms with Crippen molar-refractivity contribution in [3.8, 4) is 39.3 Å². The van der Waals surface area contributed by atoms with Gasteiger partial charge >= 0.3 is 0 Å². The van der Waals surface area contributed by atoms with Crippen LogP contribution in [0.5, 0.6) is 0 Å². The predicted molar refractivity (Wildman–Crippen MR) is 160 cm³/mol. The Bertz CT molecular complexity index is 1800. The number of hydrogen-bond acceptors (Lipinski definition) is 1. The van der Waals surface area contributed by atoms with Crippen molar-refractivity contribution in [3.63, 3.8) is 0 Å². The number of hydrogen-bond donors (Lipinski definition) is 0. The van der Waals surface area contributed by atoms with E-state index in [2.05, 4.69) is 139 Å². The van der Waals surface area contributed by atoms with Crippen LogP contribution < -0.4 is 0 Å². The molecule has 0 bridgehead atoms. The molecule has 0 saturated heterocycles. The Morgan fingerprint density at radius 1 is 0.474 bits per heavy atom. The van der Waals surface area contributed by atoms with Crippen LogP contribution in [-0.2, 0) is 0 Å². The predicted octanol–water partition coefficient (Wildman–Crippen LogP) is 9.49.